The second kappa shape index (κ2) is 5.63. The topological polar surface area (TPSA) is 34.1 Å². The molecule has 0 saturated carbocycles. The molecule has 0 saturated heterocycles. The fourth-order valence-corrected chi connectivity index (χ4v) is 2.76. The van der Waals surface area contributed by atoms with E-state index in [0.717, 1.165) is 12.4 Å². The Hall–Kier alpha value is -1.87. The molecule has 3 heteroatoms. The van der Waals surface area contributed by atoms with Gasteiger partial charge in [-0.15, -0.1) is 0 Å². The number of pyridine rings is 1. The minimum Gasteiger partial charge on any atom is -0.493 e. The van der Waals surface area contributed by atoms with E-state index in [1.807, 2.05) is 24.5 Å². The minimum absolute atomic E-state index is 0.289. The SMILES string of the molecule is CC1COc2ccccc2C1N[C@@H](C)c1ccncc1. The van der Waals surface area contributed by atoms with Gasteiger partial charge in [-0.25, -0.2) is 0 Å². The van der Waals surface area contributed by atoms with Crippen molar-refractivity contribution in [1.29, 1.82) is 0 Å². The van der Waals surface area contributed by atoms with Gasteiger partial charge >= 0.3 is 0 Å². The molecule has 1 aliphatic rings. The summed E-state index contributed by atoms with van der Waals surface area (Å²) >= 11 is 0. The highest BCUT2D eigenvalue weighted by molar-refractivity contribution is 5.38. The largest absolute Gasteiger partial charge is 0.493 e. The summed E-state index contributed by atoms with van der Waals surface area (Å²) in [7, 11) is 0. The highest BCUT2D eigenvalue weighted by atomic mass is 16.5. The first-order valence-corrected chi connectivity index (χ1v) is 7.13. The molecule has 1 aliphatic heterocycles. The molecule has 0 amide bonds. The van der Waals surface area contributed by atoms with Gasteiger partial charge in [0.2, 0.25) is 0 Å². The third-order valence-corrected chi connectivity index (χ3v) is 3.96. The zero-order valence-corrected chi connectivity index (χ0v) is 11.9. The second-order valence-electron chi connectivity index (χ2n) is 5.47. The normalized spacial score (nSPS) is 22.7. The Balaban J connectivity index is 1.83. The maximum absolute atomic E-state index is 5.80. The second-order valence-corrected chi connectivity index (χ2v) is 5.47. The third-order valence-electron chi connectivity index (χ3n) is 3.96. The number of fused-ring (bicyclic) bond motifs is 1. The van der Waals surface area contributed by atoms with E-state index in [4.69, 9.17) is 4.74 Å². The summed E-state index contributed by atoms with van der Waals surface area (Å²) in [6, 6.07) is 13.0. The zero-order valence-electron chi connectivity index (χ0n) is 11.9. The van der Waals surface area contributed by atoms with Gasteiger partial charge in [0.05, 0.1) is 6.61 Å². The highest BCUT2D eigenvalue weighted by Gasteiger charge is 2.28. The number of ether oxygens (including phenoxy) is 1. The van der Waals surface area contributed by atoms with Crippen LogP contribution in [0.5, 0.6) is 5.75 Å². The molecule has 0 fully saturated rings. The van der Waals surface area contributed by atoms with E-state index in [0.29, 0.717) is 12.0 Å². The van der Waals surface area contributed by atoms with Crippen LogP contribution in [0.25, 0.3) is 0 Å². The van der Waals surface area contributed by atoms with Crippen molar-refractivity contribution in [3.8, 4) is 5.75 Å². The van der Waals surface area contributed by atoms with E-state index < -0.39 is 0 Å². The lowest BCUT2D eigenvalue weighted by Crippen LogP contribution is -2.35. The summed E-state index contributed by atoms with van der Waals surface area (Å²) in [6.07, 6.45) is 3.68. The summed E-state index contributed by atoms with van der Waals surface area (Å²) in [6.45, 7) is 5.19. The van der Waals surface area contributed by atoms with Crippen LogP contribution in [0, 0.1) is 5.92 Å². The summed E-state index contributed by atoms with van der Waals surface area (Å²) in [4.78, 5) is 4.08. The summed E-state index contributed by atoms with van der Waals surface area (Å²) in [5, 5.41) is 3.73. The molecule has 3 nitrogen and oxygen atoms in total. The van der Waals surface area contributed by atoms with Gasteiger partial charge in [0.25, 0.3) is 0 Å². The first-order valence-electron chi connectivity index (χ1n) is 7.13. The molecule has 20 heavy (non-hydrogen) atoms. The van der Waals surface area contributed by atoms with E-state index in [1.54, 1.807) is 0 Å². The van der Waals surface area contributed by atoms with Crippen molar-refractivity contribution in [3.05, 3.63) is 59.9 Å². The molecule has 104 valence electrons. The molecule has 0 aliphatic carbocycles. The Morgan fingerprint density at radius 3 is 2.75 bits per heavy atom. The van der Waals surface area contributed by atoms with Crippen LogP contribution in [0.3, 0.4) is 0 Å². The number of para-hydroxylation sites is 1. The smallest absolute Gasteiger partial charge is 0.124 e. The number of hydrogen-bond acceptors (Lipinski definition) is 3. The average molecular weight is 268 g/mol. The monoisotopic (exact) mass is 268 g/mol. The standard InChI is InChI=1S/C17H20N2O/c1-12-11-20-16-6-4-3-5-15(16)17(12)19-13(2)14-7-9-18-10-8-14/h3-10,12-13,17,19H,11H2,1-2H3/t12?,13-,17?/m0/s1. The average Bonchev–Trinajstić information content (AvgIpc) is 2.51. The van der Waals surface area contributed by atoms with Crippen molar-refractivity contribution in [3.63, 3.8) is 0 Å². The molecule has 1 aromatic heterocycles. The molecular weight excluding hydrogens is 248 g/mol. The molecule has 2 heterocycles. The Labute approximate surface area is 120 Å². The maximum atomic E-state index is 5.80. The lowest BCUT2D eigenvalue weighted by Gasteiger charge is -2.34. The van der Waals surface area contributed by atoms with Gasteiger partial charge in [0.1, 0.15) is 5.75 Å². The molecule has 0 spiro atoms. The van der Waals surface area contributed by atoms with Crippen molar-refractivity contribution >= 4 is 0 Å². The number of rotatable bonds is 3. The highest BCUT2D eigenvalue weighted by Crippen LogP contribution is 2.36. The van der Waals surface area contributed by atoms with Gasteiger partial charge in [0, 0.05) is 36.0 Å². The molecule has 3 atom stereocenters. The van der Waals surface area contributed by atoms with Crippen molar-refractivity contribution in [2.24, 2.45) is 5.92 Å². The maximum Gasteiger partial charge on any atom is 0.124 e. The van der Waals surface area contributed by atoms with Crippen LogP contribution in [0.15, 0.2) is 48.8 Å². The molecule has 2 unspecified atom stereocenters. The van der Waals surface area contributed by atoms with Crippen LogP contribution in [0.2, 0.25) is 0 Å². The van der Waals surface area contributed by atoms with Crippen molar-refractivity contribution < 1.29 is 4.74 Å². The Morgan fingerprint density at radius 1 is 1.20 bits per heavy atom. The Bertz CT molecular complexity index is 570. The number of hydrogen-bond donors (Lipinski definition) is 1. The molecule has 1 aromatic carbocycles. The van der Waals surface area contributed by atoms with E-state index in [-0.39, 0.29) is 6.04 Å². The fourth-order valence-electron chi connectivity index (χ4n) is 2.76. The van der Waals surface area contributed by atoms with Gasteiger partial charge in [-0.3, -0.25) is 4.98 Å². The van der Waals surface area contributed by atoms with E-state index in [2.05, 4.69) is 48.4 Å². The molecule has 1 N–H and O–H groups in total. The number of nitrogens with zero attached hydrogens (tertiary/aromatic N) is 1. The van der Waals surface area contributed by atoms with Crippen LogP contribution in [-0.4, -0.2) is 11.6 Å². The number of nitrogens with one attached hydrogen (secondary N) is 1. The van der Waals surface area contributed by atoms with Crippen LogP contribution >= 0.6 is 0 Å². The third kappa shape index (κ3) is 2.54. The van der Waals surface area contributed by atoms with Crippen molar-refractivity contribution in [2.45, 2.75) is 25.9 Å². The van der Waals surface area contributed by atoms with Gasteiger partial charge in [-0.1, -0.05) is 25.1 Å². The van der Waals surface area contributed by atoms with Crippen LogP contribution < -0.4 is 10.1 Å². The van der Waals surface area contributed by atoms with Crippen LogP contribution in [0.1, 0.15) is 37.1 Å². The summed E-state index contributed by atoms with van der Waals surface area (Å²) < 4.78 is 5.80. The fraction of sp³-hybridized carbons (Fsp3) is 0.353. The summed E-state index contributed by atoms with van der Waals surface area (Å²) in [5.41, 5.74) is 2.52. The van der Waals surface area contributed by atoms with Gasteiger partial charge < -0.3 is 10.1 Å². The van der Waals surface area contributed by atoms with Crippen molar-refractivity contribution in [1.82, 2.24) is 10.3 Å². The Morgan fingerprint density at radius 2 is 1.95 bits per heavy atom. The molecular formula is C17H20N2O. The molecule has 3 rings (SSSR count). The molecule has 0 bridgehead atoms. The minimum atomic E-state index is 0.289. The van der Waals surface area contributed by atoms with Crippen LogP contribution in [-0.2, 0) is 0 Å². The molecule has 0 radical (unpaired) electrons. The van der Waals surface area contributed by atoms with Gasteiger partial charge in [0.15, 0.2) is 0 Å². The van der Waals surface area contributed by atoms with E-state index in [9.17, 15) is 0 Å². The number of benzene rings is 1. The zero-order chi connectivity index (χ0) is 13.9. The first-order chi connectivity index (χ1) is 9.75. The van der Waals surface area contributed by atoms with Gasteiger partial charge in [-0.2, -0.15) is 0 Å². The van der Waals surface area contributed by atoms with E-state index >= 15 is 0 Å². The van der Waals surface area contributed by atoms with Gasteiger partial charge in [-0.05, 0) is 30.7 Å². The predicted molar refractivity (Wildman–Crippen MR) is 79.6 cm³/mol. The summed E-state index contributed by atoms with van der Waals surface area (Å²) in [5.74, 6) is 1.46. The van der Waals surface area contributed by atoms with Crippen molar-refractivity contribution in [2.75, 3.05) is 6.61 Å². The lowest BCUT2D eigenvalue weighted by molar-refractivity contribution is 0.182. The van der Waals surface area contributed by atoms with Crippen LogP contribution in [0.4, 0.5) is 0 Å². The quantitative estimate of drug-likeness (QED) is 0.925. The van der Waals surface area contributed by atoms with E-state index in [1.165, 1.54) is 11.1 Å². The lowest BCUT2D eigenvalue weighted by atomic mass is 9.91. The first kappa shape index (κ1) is 13.1. The number of aromatic nitrogens is 1. The molecule has 2 aromatic rings. The Kier molecular flexibility index (Phi) is 3.70. The predicted octanol–water partition coefficient (Wildman–Crippen LogP) is 3.50.